The summed E-state index contributed by atoms with van der Waals surface area (Å²) in [5, 5.41) is 18.9. The maximum Gasteiger partial charge on any atom is 0.240 e. The zero-order chi connectivity index (χ0) is 32.1. The first kappa shape index (κ1) is 32.5. The summed E-state index contributed by atoms with van der Waals surface area (Å²) in [5.41, 5.74) is 5.63. The van der Waals surface area contributed by atoms with Crippen LogP contribution in [0.5, 0.6) is 0 Å². The van der Waals surface area contributed by atoms with E-state index in [9.17, 15) is 13.5 Å². The van der Waals surface area contributed by atoms with Crippen molar-refractivity contribution in [1.82, 2.24) is 14.9 Å². The van der Waals surface area contributed by atoms with Crippen molar-refractivity contribution in [3.05, 3.63) is 130 Å². The van der Waals surface area contributed by atoms with Gasteiger partial charge in [-0.2, -0.15) is 0 Å². The lowest BCUT2D eigenvalue weighted by molar-refractivity contribution is -0.268. The van der Waals surface area contributed by atoms with E-state index in [0.29, 0.717) is 5.75 Å². The van der Waals surface area contributed by atoms with E-state index in [4.69, 9.17) is 9.47 Å². The van der Waals surface area contributed by atoms with Gasteiger partial charge in [0.05, 0.1) is 23.7 Å². The van der Waals surface area contributed by atoms with Crippen molar-refractivity contribution >= 4 is 33.1 Å². The van der Waals surface area contributed by atoms with Gasteiger partial charge in [0, 0.05) is 23.8 Å². The van der Waals surface area contributed by atoms with Gasteiger partial charge in [0.2, 0.25) is 10.0 Å². The molecule has 2 N–H and O–H groups in total. The molecule has 0 spiro atoms. The Bertz CT molecular complexity index is 1850. The highest BCUT2D eigenvalue weighted by Gasteiger charge is 2.38. The molecule has 6 rings (SSSR count). The second kappa shape index (κ2) is 14.6. The van der Waals surface area contributed by atoms with E-state index in [0.717, 1.165) is 42.7 Å². The number of thioether (sulfide) groups is 1. The van der Waals surface area contributed by atoms with Crippen LogP contribution in [0.2, 0.25) is 0 Å². The van der Waals surface area contributed by atoms with E-state index < -0.39 is 16.3 Å². The largest absolute Gasteiger partial charge is 0.392 e. The van der Waals surface area contributed by atoms with Gasteiger partial charge >= 0.3 is 0 Å². The number of hydrogen-bond donors (Lipinski definition) is 2. The molecule has 1 aromatic heterocycles. The first-order valence-corrected chi connectivity index (χ1v) is 18.2. The number of benzene rings is 4. The van der Waals surface area contributed by atoms with Gasteiger partial charge in [-0.15, -0.1) is 10.2 Å². The van der Waals surface area contributed by atoms with Crippen LogP contribution in [0.25, 0.3) is 11.1 Å². The number of aromatic nitrogens is 2. The molecule has 0 aliphatic carbocycles. The Morgan fingerprint density at radius 2 is 1.59 bits per heavy atom. The predicted octanol–water partition coefficient (Wildman–Crippen LogP) is 7.07. The molecule has 0 bridgehead atoms. The number of aliphatic hydroxyl groups excluding tert-OH is 1. The molecular formula is C35H35N3O5S3. The van der Waals surface area contributed by atoms with E-state index in [2.05, 4.69) is 21.8 Å². The van der Waals surface area contributed by atoms with Gasteiger partial charge in [0.25, 0.3) is 0 Å². The van der Waals surface area contributed by atoms with Crippen molar-refractivity contribution < 1.29 is 23.0 Å². The van der Waals surface area contributed by atoms with Crippen molar-refractivity contribution in [3.8, 4) is 11.1 Å². The number of hydrogen-bond acceptors (Lipinski definition) is 9. The Hall–Kier alpha value is -3.42. The van der Waals surface area contributed by atoms with Crippen LogP contribution in [0.15, 0.2) is 112 Å². The van der Waals surface area contributed by atoms with Crippen LogP contribution in [0, 0.1) is 12.8 Å². The fourth-order valence-corrected chi connectivity index (χ4v) is 8.40. The maximum atomic E-state index is 12.7. The highest BCUT2D eigenvalue weighted by Crippen LogP contribution is 2.43. The average Bonchev–Trinajstić information content (AvgIpc) is 3.52. The smallest absolute Gasteiger partial charge is 0.240 e. The maximum absolute atomic E-state index is 12.7. The molecule has 4 unspecified atom stereocenters. The van der Waals surface area contributed by atoms with Gasteiger partial charge in [0.15, 0.2) is 10.6 Å². The summed E-state index contributed by atoms with van der Waals surface area (Å²) in [7, 11) is -3.61. The quantitative estimate of drug-likeness (QED) is 0.143. The molecule has 46 heavy (non-hydrogen) atoms. The first-order valence-electron chi connectivity index (χ1n) is 15.0. The van der Waals surface area contributed by atoms with Crippen LogP contribution in [0.4, 0.5) is 0 Å². The normalized spacial score (nSPS) is 20.1. The molecule has 0 radical (unpaired) electrons. The van der Waals surface area contributed by atoms with Gasteiger partial charge < -0.3 is 14.6 Å². The third-order valence-electron chi connectivity index (χ3n) is 7.96. The summed E-state index contributed by atoms with van der Waals surface area (Å²) < 4.78 is 42.2. The highest BCUT2D eigenvalue weighted by molar-refractivity contribution is 8.01. The van der Waals surface area contributed by atoms with E-state index in [1.165, 1.54) is 0 Å². The minimum Gasteiger partial charge on any atom is -0.392 e. The lowest BCUT2D eigenvalue weighted by atomic mass is 9.91. The third kappa shape index (κ3) is 7.75. The molecule has 1 aliphatic rings. The number of aliphatic hydroxyl groups is 1. The molecule has 8 nitrogen and oxygen atoms in total. The van der Waals surface area contributed by atoms with E-state index >= 15 is 0 Å². The minimum absolute atomic E-state index is 0.00776. The zero-order valence-corrected chi connectivity index (χ0v) is 27.9. The number of sulfonamides is 1. The highest BCUT2D eigenvalue weighted by atomic mass is 32.2. The number of nitrogens with one attached hydrogen (secondary N) is 1. The van der Waals surface area contributed by atoms with Crippen LogP contribution in [0.3, 0.4) is 0 Å². The summed E-state index contributed by atoms with van der Waals surface area (Å²) in [4.78, 5) is 0.240. The Morgan fingerprint density at radius 3 is 2.28 bits per heavy atom. The summed E-state index contributed by atoms with van der Waals surface area (Å²) in [5.74, 6) is 0.777. The predicted molar refractivity (Wildman–Crippen MR) is 181 cm³/mol. The Morgan fingerprint density at radius 1 is 0.848 bits per heavy atom. The van der Waals surface area contributed by atoms with Crippen LogP contribution in [0.1, 0.15) is 46.6 Å². The van der Waals surface area contributed by atoms with E-state index in [1.807, 2.05) is 79.7 Å². The van der Waals surface area contributed by atoms with Crippen molar-refractivity contribution in [2.24, 2.45) is 5.92 Å². The minimum atomic E-state index is -3.61. The molecule has 0 saturated carbocycles. The Kier molecular flexibility index (Phi) is 10.3. The molecule has 11 heteroatoms. The van der Waals surface area contributed by atoms with E-state index in [-0.39, 0.29) is 36.2 Å². The molecule has 2 heterocycles. The van der Waals surface area contributed by atoms with Gasteiger partial charge in [-0.1, -0.05) is 115 Å². The summed E-state index contributed by atoms with van der Waals surface area (Å²) >= 11 is 3.22. The van der Waals surface area contributed by atoms with Crippen molar-refractivity contribution in [1.29, 1.82) is 0 Å². The Labute approximate surface area is 277 Å². The number of nitrogens with zero attached hydrogens (tertiary/aromatic N) is 2. The lowest BCUT2D eigenvalue weighted by Crippen LogP contribution is -2.38. The van der Waals surface area contributed by atoms with Crippen LogP contribution >= 0.6 is 23.1 Å². The van der Waals surface area contributed by atoms with Crippen LogP contribution < -0.4 is 4.72 Å². The standard InChI is InChI=1S/C35H35N3O5S3/c1-23-32(22-44-35-38-37-24(2)45-35)42-34(43-33(23)28-13-11-25(21-39)12-14-28)29-17-15-27(16-18-29)30-8-6-7-26(19-30)20-36-46(40,41)31-9-4-3-5-10-31/h3-19,23,32-34,36,39H,20-22H2,1-2H3. The van der Waals surface area contributed by atoms with Crippen molar-refractivity contribution in [2.45, 2.75) is 54.7 Å². The fraction of sp³-hybridized carbons (Fsp3) is 0.257. The first-order chi connectivity index (χ1) is 22.3. The third-order valence-corrected chi connectivity index (χ3v) is 11.4. The van der Waals surface area contributed by atoms with E-state index in [1.54, 1.807) is 53.4 Å². The van der Waals surface area contributed by atoms with Crippen LogP contribution in [-0.2, 0) is 32.6 Å². The summed E-state index contributed by atoms with van der Waals surface area (Å²) in [6.45, 7) is 4.27. The summed E-state index contributed by atoms with van der Waals surface area (Å²) in [6.07, 6.45) is -0.885. The molecule has 238 valence electrons. The molecule has 4 atom stereocenters. The fourth-order valence-electron chi connectivity index (χ4n) is 5.35. The SMILES string of the molecule is Cc1nnc(SCC2OC(c3ccc(-c4cccc(CNS(=O)(=O)c5ccccc5)c4)cc3)OC(c3ccc(CO)cc3)C2C)s1. The van der Waals surface area contributed by atoms with Crippen LogP contribution in [-0.4, -0.2) is 35.6 Å². The van der Waals surface area contributed by atoms with Gasteiger partial charge in [-0.05, 0) is 52.9 Å². The monoisotopic (exact) mass is 673 g/mol. The molecule has 5 aromatic rings. The molecule has 0 amide bonds. The average molecular weight is 674 g/mol. The van der Waals surface area contributed by atoms with Gasteiger partial charge in [-0.25, -0.2) is 13.1 Å². The van der Waals surface area contributed by atoms with Crippen molar-refractivity contribution in [2.75, 3.05) is 5.75 Å². The zero-order valence-electron chi connectivity index (χ0n) is 25.4. The van der Waals surface area contributed by atoms with Crippen molar-refractivity contribution in [3.63, 3.8) is 0 Å². The van der Waals surface area contributed by atoms with Gasteiger partial charge in [0.1, 0.15) is 5.01 Å². The van der Waals surface area contributed by atoms with Gasteiger partial charge in [-0.3, -0.25) is 0 Å². The molecule has 1 saturated heterocycles. The molecule has 1 fully saturated rings. The lowest BCUT2D eigenvalue weighted by Gasteiger charge is -2.41. The summed E-state index contributed by atoms with van der Waals surface area (Å²) in [6, 6.07) is 32.2. The number of rotatable bonds is 11. The second-order valence-corrected chi connectivity index (χ2v) is 15.4. The molecule has 4 aromatic carbocycles. The number of aryl methyl sites for hydroxylation is 1. The topological polar surface area (TPSA) is 111 Å². The second-order valence-electron chi connectivity index (χ2n) is 11.2. The Balaban J connectivity index is 1.18. The molecular weight excluding hydrogens is 639 g/mol. The molecule has 1 aliphatic heterocycles. The number of ether oxygens (including phenoxy) is 2.